The van der Waals surface area contributed by atoms with E-state index in [1.165, 1.54) is 0 Å². The van der Waals surface area contributed by atoms with Crippen molar-refractivity contribution in [2.75, 3.05) is 0 Å². The Bertz CT molecular complexity index is 735. The summed E-state index contributed by atoms with van der Waals surface area (Å²) in [6, 6.07) is 18.2. The van der Waals surface area contributed by atoms with E-state index >= 15 is 0 Å². The van der Waals surface area contributed by atoms with Gasteiger partial charge in [-0.2, -0.15) is 0 Å². The first kappa shape index (κ1) is 14.1. The molecule has 4 heteroatoms. The summed E-state index contributed by atoms with van der Waals surface area (Å²) in [7, 11) is 0. The van der Waals surface area contributed by atoms with Gasteiger partial charge >= 0.3 is 0 Å². The van der Waals surface area contributed by atoms with Gasteiger partial charge in [0.15, 0.2) is 11.9 Å². The summed E-state index contributed by atoms with van der Waals surface area (Å²) in [5, 5.41) is 0. The zero-order valence-corrected chi connectivity index (χ0v) is 11.9. The van der Waals surface area contributed by atoms with Crippen LogP contribution in [0.1, 0.15) is 22.3 Å². The number of ketones is 1. The van der Waals surface area contributed by atoms with Crippen molar-refractivity contribution in [3.63, 3.8) is 0 Å². The van der Waals surface area contributed by atoms with Crippen molar-refractivity contribution in [2.45, 2.75) is 12.5 Å². The van der Waals surface area contributed by atoms with E-state index in [9.17, 15) is 9.59 Å². The van der Waals surface area contributed by atoms with Crippen LogP contribution in [0.15, 0.2) is 66.2 Å². The van der Waals surface area contributed by atoms with Gasteiger partial charge in [-0.3, -0.25) is 9.59 Å². The first-order chi connectivity index (χ1) is 10.7. The molecule has 0 aliphatic carbocycles. The minimum absolute atomic E-state index is 0.136. The molecule has 3 rings (SSSR count). The number of carbonyl (C=O) groups excluding carboxylic acids is 2. The standard InChI is InChI=1S/C18H15NO3/c19-18(21)15-11-14(16(20)12-7-3-1-4-8-12)17(22-15)13-9-5-2-6-10-13/h1-10,15H,11H2,(H2,19,21)/t15-/m0/s1. The van der Waals surface area contributed by atoms with Crippen LogP contribution >= 0.6 is 0 Å². The highest BCUT2D eigenvalue weighted by Crippen LogP contribution is 2.34. The molecule has 0 unspecified atom stereocenters. The molecule has 1 amide bonds. The van der Waals surface area contributed by atoms with Crippen LogP contribution in [0.5, 0.6) is 0 Å². The molecule has 1 aliphatic heterocycles. The first-order valence-corrected chi connectivity index (χ1v) is 7.01. The molecule has 1 atom stereocenters. The lowest BCUT2D eigenvalue weighted by atomic mass is 9.97. The molecule has 0 bridgehead atoms. The summed E-state index contributed by atoms with van der Waals surface area (Å²) < 4.78 is 5.65. The molecule has 0 fully saturated rings. The number of ether oxygens (including phenoxy) is 1. The van der Waals surface area contributed by atoms with Crippen LogP contribution in [0, 0.1) is 0 Å². The number of rotatable bonds is 4. The van der Waals surface area contributed by atoms with Crippen LogP contribution in [-0.4, -0.2) is 17.8 Å². The summed E-state index contributed by atoms with van der Waals surface area (Å²) >= 11 is 0. The molecule has 0 aromatic heterocycles. The number of benzene rings is 2. The molecule has 0 saturated heterocycles. The van der Waals surface area contributed by atoms with Crippen molar-refractivity contribution in [3.05, 3.63) is 77.4 Å². The van der Waals surface area contributed by atoms with E-state index in [4.69, 9.17) is 10.5 Å². The van der Waals surface area contributed by atoms with E-state index in [1.54, 1.807) is 24.3 Å². The highest BCUT2D eigenvalue weighted by atomic mass is 16.5. The molecule has 1 heterocycles. The van der Waals surface area contributed by atoms with Crippen LogP contribution in [0.4, 0.5) is 0 Å². The van der Waals surface area contributed by atoms with Gasteiger partial charge in [0.25, 0.3) is 5.91 Å². The summed E-state index contributed by atoms with van der Waals surface area (Å²) in [5.74, 6) is -0.259. The quantitative estimate of drug-likeness (QED) is 0.881. The molecule has 22 heavy (non-hydrogen) atoms. The van der Waals surface area contributed by atoms with Gasteiger partial charge in [0.1, 0.15) is 5.76 Å². The van der Waals surface area contributed by atoms with Crippen LogP contribution in [0.25, 0.3) is 5.76 Å². The number of nitrogens with two attached hydrogens (primary N) is 1. The predicted molar refractivity (Wildman–Crippen MR) is 82.8 cm³/mol. The van der Waals surface area contributed by atoms with E-state index in [2.05, 4.69) is 0 Å². The number of amides is 1. The molecule has 0 saturated carbocycles. The van der Waals surface area contributed by atoms with E-state index in [0.717, 1.165) is 5.56 Å². The first-order valence-electron chi connectivity index (χ1n) is 7.01. The molecule has 0 radical (unpaired) electrons. The maximum absolute atomic E-state index is 12.7. The van der Waals surface area contributed by atoms with Gasteiger partial charge in [-0.25, -0.2) is 0 Å². The van der Waals surface area contributed by atoms with Crippen molar-refractivity contribution >= 4 is 17.4 Å². The fourth-order valence-corrected chi connectivity index (χ4v) is 2.48. The molecule has 4 nitrogen and oxygen atoms in total. The van der Waals surface area contributed by atoms with Crippen molar-refractivity contribution in [1.82, 2.24) is 0 Å². The third kappa shape index (κ3) is 2.63. The van der Waals surface area contributed by atoms with Gasteiger partial charge < -0.3 is 10.5 Å². The number of hydrogen-bond acceptors (Lipinski definition) is 3. The van der Waals surface area contributed by atoms with E-state index in [1.807, 2.05) is 36.4 Å². The average molecular weight is 293 g/mol. The van der Waals surface area contributed by atoms with Crippen molar-refractivity contribution in [2.24, 2.45) is 5.73 Å². The smallest absolute Gasteiger partial charge is 0.258 e. The van der Waals surface area contributed by atoms with Crippen LogP contribution < -0.4 is 5.73 Å². The Morgan fingerprint density at radius 1 is 0.955 bits per heavy atom. The van der Waals surface area contributed by atoms with Gasteiger partial charge in [-0.05, 0) is 0 Å². The van der Waals surface area contributed by atoms with Gasteiger partial charge in [0.05, 0.1) is 0 Å². The average Bonchev–Trinajstić information content (AvgIpc) is 3.01. The molecule has 2 N–H and O–H groups in total. The Morgan fingerprint density at radius 3 is 2.14 bits per heavy atom. The number of hydrogen-bond donors (Lipinski definition) is 1. The predicted octanol–water partition coefficient (Wildman–Crippen LogP) is 2.55. The minimum atomic E-state index is -0.794. The third-order valence-electron chi connectivity index (χ3n) is 3.59. The molecular weight excluding hydrogens is 278 g/mol. The zero-order chi connectivity index (χ0) is 15.5. The lowest BCUT2D eigenvalue weighted by Gasteiger charge is -2.09. The second-order valence-corrected chi connectivity index (χ2v) is 5.08. The summed E-state index contributed by atoms with van der Waals surface area (Å²) in [4.78, 5) is 24.2. The van der Waals surface area contributed by atoms with E-state index in [-0.39, 0.29) is 12.2 Å². The van der Waals surface area contributed by atoms with Gasteiger partial charge in [-0.1, -0.05) is 60.7 Å². The normalized spacial score (nSPS) is 17.2. The molecule has 2 aromatic carbocycles. The Labute approximate surface area is 128 Å². The topological polar surface area (TPSA) is 69.4 Å². The Kier molecular flexibility index (Phi) is 3.74. The van der Waals surface area contributed by atoms with Gasteiger partial charge in [0.2, 0.25) is 0 Å². The Hall–Kier alpha value is -2.88. The van der Waals surface area contributed by atoms with Crippen molar-refractivity contribution < 1.29 is 14.3 Å². The maximum Gasteiger partial charge on any atom is 0.258 e. The summed E-state index contributed by atoms with van der Waals surface area (Å²) in [5.41, 5.74) is 7.16. The van der Waals surface area contributed by atoms with Gasteiger partial charge in [0, 0.05) is 23.1 Å². The molecule has 2 aromatic rings. The second kappa shape index (κ2) is 5.85. The molecular formula is C18H15NO3. The van der Waals surface area contributed by atoms with E-state index in [0.29, 0.717) is 16.9 Å². The monoisotopic (exact) mass is 293 g/mol. The van der Waals surface area contributed by atoms with Gasteiger partial charge in [-0.15, -0.1) is 0 Å². The second-order valence-electron chi connectivity index (χ2n) is 5.08. The molecule has 1 aliphatic rings. The maximum atomic E-state index is 12.7. The van der Waals surface area contributed by atoms with Crippen LogP contribution in [0.3, 0.4) is 0 Å². The third-order valence-corrected chi connectivity index (χ3v) is 3.59. The molecule has 0 spiro atoms. The van der Waals surface area contributed by atoms with E-state index < -0.39 is 12.0 Å². The van der Waals surface area contributed by atoms with Crippen LogP contribution in [0.2, 0.25) is 0 Å². The fourth-order valence-electron chi connectivity index (χ4n) is 2.48. The fraction of sp³-hybridized carbons (Fsp3) is 0.111. The van der Waals surface area contributed by atoms with Crippen molar-refractivity contribution in [1.29, 1.82) is 0 Å². The molecule has 110 valence electrons. The lowest BCUT2D eigenvalue weighted by Crippen LogP contribution is -2.28. The minimum Gasteiger partial charge on any atom is -0.479 e. The lowest BCUT2D eigenvalue weighted by molar-refractivity contribution is -0.124. The highest BCUT2D eigenvalue weighted by molar-refractivity contribution is 6.13. The largest absolute Gasteiger partial charge is 0.479 e. The highest BCUT2D eigenvalue weighted by Gasteiger charge is 2.34. The summed E-state index contributed by atoms with van der Waals surface area (Å²) in [6.07, 6.45) is -0.592. The number of Topliss-reactive ketones (excluding diaryl/α,β-unsaturated/α-hetero) is 1. The SMILES string of the molecule is NC(=O)[C@@H]1CC(C(=O)c2ccccc2)=C(c2ccccc2)O1. The van der Waals surface area contributed by atoms with Crippen LogP contribution in [-0.2, 0) is 9.53 Å². The Balaban J connectivity index is 2.03. The van der Waals surface area contributed by atoms with Crippen molar-refractivity contribution in [3.8, 4) is 0 Å². The number of carbonyl (C=O) groups is 2. The number of primary amides is 1. The summed E-state index contributed by atoms with van der Waals surface area (Å²) in [6.45, 7) is 0. The zero-order valence-electron chi connectivity index (χ0n) is 11.9. The Morgan fingerprint density at radius 2 is 1.55 bits per heavy atom.